The number of aryl methyl sites for hydroxylation is 1. The number of hydrogen-bond acceptors (Lipinski definition) is 4. The van der Waals surface area contributed by atoms with Crippen LogP contribution in [0.4, 0.5) is 0 Å². The first-order valence-corrected chi connectivity index (χ1v) is 8.92. The van der Waals surface area contributed by atoms with Gasteiger partial charge in [0.1, 0.15) is 10.6 Å². The van der Waals surface area contributed by atoms with Crippen LogP contribution in [-0.2, 0) is 14.6 Å². The molecular weight excluding hydrogens is 350 g/mol. The normalized spacial score (nSPS) is 11.6. The topological polar surface area (TPSA) is 76.2 Å². The van der Waals surface area contributed by atoms with Crippen molar-refractivity contribution in [3.8, 4) is 0 Å². The molecule has 0 amide bonds. The van der Waals surface area contributed by atoms with Crippen LogP contribution in [0.5, 0.6) is 0 Å². The van der Waals surface area contributed by atoms with Crippen LogP contribution in [0.25, 0.3) is 10.9 Å². The lowest BCUT2D eigenvalue weighted by molar-refractivity contribution is 0.0590. The molecular formula is C17H14ClNO4S. The van der Waals surface area contributed by atoms with E-state index in [1.54, 1.807) is 24.3 Å². The molecule has 3 rings (SSSR count). The lowest BCUT2D eigenvalue weighted by atomic mass is 10.2. The molecule has 0 saturated heterocycles. The van der Waals surface area contributed by atoms with Crippen LogP contribution in [0.2, 0.25) is 5.02 Å². The van der Waals surface area contributed by atoms with Crippen LogP contribution in [0.3, 0.4) is 0 Å². The Kier molecular flexibility index (Phi) is 4.11. The Hall–Kier alpha value is -2.31. The number of sulfone groups is 1. The standard InChI is InChI=1S/C17H14ClNO4S/c1-10-3-6-12(7-4-10)24(21,22)16-13-9-11(18)5-8-14(13)19-15(16)17(20)23-2/h3-9,19H,1-2H3. The van der Waals surface area contributed by atoms with E-state index in [9.17, 15) is 13.2 Å². The van der Waals surface area contributed by atoms with Crippen molar-refractivity contribution in [2.75, 3.05) is 7.11 Å². The Morgan fingerprint density at radius 1 is 1.12 bits per heavy atom. The van der Waals surface area contributed by atoms with Crippen LogP contribution >= 0.6 is 11.6 Å². The Morgan fingerprint density at radius 3 is 2.42 bits per heavy atom. The van der Waals surface area contributed by atoms with Crippen molar-refractivity contribution in [3.05, 3.63) is 58.7 Å². The zero-order valence-corrected chi connectivity index (χ0v) is 14.5. The molecule has 1 aromatic heterocycles. The molecule has 1 heterocycles. The zero-order chi connectivity index (χ0) is 17.5. The first-order chi connectivity index (χ1) is 11.3. The van der Waals surface area contributed by atoms with Crippen LogP contribution in [0.15, 0.2) is 52.3 Å². The second-order valence-electron chi connectivity index (χ2n) is 5.33. The molecule has 0 aliphatic heterocycles. The van der Waals surface area contributed by atoms with Gasteiger partial charge in [-0.15, -0.1) is 0 Å². The Morgan fingerprint density at radius 2 is 1.79 bits per heavy atom. The molecule has 1 N–H and O–H groups in total. The average Bonchev–Trinajstić information content (AvgIpc) is 2.93. The number of rotatable bonds is 3. The van der Waals surface area contributed by atoms with Gasteiger partial charge in [-0.05, 0) is 37.3 Å². The van der Waals surface area contributed by atoms with Gasteiger partial charge in [0.15, 0.2) is 0 Å². The van der Waals surface area contributed by atoms with Crippen molar-refractivity contribution in [2.45, 2.75) is 16.7 Å². The number of methoxy groups -OCH3 is 1. The monoisotopic (exact) mass is 363 g/mol. The van der Waals surface area contributed by atoms with Crippen molar-refractivity contribution < 1.29 is 17.9 Å². The number of hydrogen-bond donors (Lipinski definition) is 1. The quantitative estimate of drug-likeness (QED) is 0.719. The van der Waals surface area contributed by atoms with E-state index in [-0.39, 0.29) is 15.5 Å². The van der Waals surface area contributed by atoms with Gasteiger partial charge in [-0.25, -0.2) is 13.2 Å². The highest BCUT2D eigenvalue weighted by Crippen LogP contribution is 2.33. The number of H-pyrrole nitrogens is 1. The predicted octanol–water partition coefficient (Wildman–Crippen LogP) is 3.75. The number of fused-ring (bicyclic) bond motifs is 1. The van der Waals surface area contributed by atoms with E-state index in [1.807, 2.05) is 6.92 Å². The van der Waals surface area contributed by atoms with E-state index in [0.29, 0.717) is 15.9 Å². The van der Waals surface area contributed by atoms with Crippen LogP contribution in [0.1, 0.15) is 16.1 Å². The van der Waals surface area contributed by atoms with E-state index in [0.717, 1.165) is 5.56 Å². The van der Waals surface area contributed by atoms with Crippen molar-refractivity contribution >= 4 is 38.3 Å². The number of nitrogens with one attached hydrogen (secondary N) is 1. The molecule has 7 heteroatoms. The highest BCUT2D eigenvalue weighted by molar-refractivity contribution is 7.91. The molecule has 24 heavy (non-hydrogen) atoms. The molecule has 2 aromatic carbocycles. The summed E-state index contributed by atoms with van der Waals surface area (Å²) in [5, 5.41) is 0.724. The highest BCUT2D eigenvalue weighted by Gasteiger charge is 2.30. The largest absolute Gasteiger partial charge is 0.464 e. The maximum absolute atomic E-state index is 13.1. The molecule has 0 atom stereocenters. The van der Waals surface area contributed by atoms with Gasteiger partial charge in [0.25, 0.3) is 0 Å². The number of benzene rings is 2. The van der Waals surface area contributed by atoms with Gasteiger partial charge in [0, 0.05) is 15.9 Å². The van der Waals surface area contributed by atoms with Gasteiger partial charge < -0.3 is 9.72 Å². The van der Waals surface area contributed by atoms with Crippen molar-refractivity contribution in [1.29, 1.82) is 0 Å². The second kappa shape index (κ2) is 5.96. The molecule has 0 radical (unpaired) electrons. The number of esters is 1. The maximum atomic E-state index is 13.1. The Bertz CT molecular complexity index is 1040. The first-order valence-electron chi connectivity index (χ1n) is 7.06. The third-order valence-corrected chi connectivity index (χ3v) is 5.79. The minimum atomic E-state index is -3.93. The number of aromatic amines is 1. The van der Waals surface area contributed by atoms with Gasteiger partial charge >= 0.3 is 5.97 Å². The number of halogens is 1. The van der Waals surface area contributed by atoms with E-state index in [1.165, 1.54) is 25.3 Å². The Labute approximate surface area is 144 Å². The van der Waals surface area contributed by atoms with Crippen LogP contribution in [-0.4, -0.2) is 26.5 Å². The smallest absolute Gasteiger partial charge is 0.355 e. The van der Waals surface area contributed by atoms with Gasteiger partial charge in [-0.2, -0.15) is 0 Å². The number of aromatic nitrogens is 1. The fraction of sp³-hybridized carbons (Fsp3) is 0.118. The molecule has 124 valence electrons. The molecule has 0 aliphatic rings. The summed E-state index contributed by atoms with van der Waals surface area (Å²) in [4.78, 5) is 14.9. The molecule has 0 aliphatic carbocycles. The fourth-order valence-corrected chi connectivity index (χ4v) is 4.26. The average molecular weight is 364 g/mol. The molecule has 0 saturated carbocycles. The number of ether oxygens (including phenoxy) is 1. The van der Waals surface area contributed by atoms with Crippen molar-refractivity contribution in [1.82, 2.24) is 4.98 Å². The third-order valence-electron chi connectivity index (χ3n) is 3.70. The third kappa shape index (κ3) is 2.68. The predicted molar refractivity (Wildman–Crippen MR) is 91.3 cm³/mol. The van der Waals surface area contributed by atoms with E-state index >= 15 is 0 Å². The highest BCUT2D eigenvalue weighted by atomic mass is 35.5. The molecule has 0 unspecified atom stereocenters. The van der Waals surface area contributed by atoms with Crippen molar-refractivity contribution in [2.24, 2.45) is 0 Å². The zero-order valence-electron chi connectivity index (χ0n) is 13.0. The Balaban J connectivity index is 2.36. The maximum Gasteiger partial charge on any atom is 0.355 e. The molecule has 0 fully saturated rings. The summed E-state index contributed by atoms with van der Waals surface area (Å²) in [6, 6.07) is 11.2. The van der Waals surface area contributed by atoms with Crippen molar-refractivity contribution in [3.63, 3.8) is 0 Å². The van der Waals surface area contributed by atoms with Crippen LogP contribution < -0.4 is 0 Å². The lowest BCUT2D eigenvalue weighted by Gasteiger charge is -2.06. The summed E-state index contributed by atoms with van der Waals surface area (Å²) in [6.07, 6.45) is 0. The van der Waals surface area contributed by atoms with Gasteiger partial charge in [-0.3, -0.25) is 0 Å². The molecule has 0 bridgehead atoms. The minimum Gasteiger partial charge on any atom is -0.464 e. The first kappa shape index (κ1) is 16.5. The lowest BCUT2D eigenvalue weighted by Crippen LogP contribution is -2.10. The summed E-state index contributed by atoms with van der Waals surface area (Å²) in [6.45, 7) is 1.86. The molecule has 0 spiro atoms. The second-order valence-corrected chi connectivity index (χ2v) is 7.65. The molecule has 3 aromatic rings. The minimum absolute atomic E-state index is 0.0964. The van der Waals surface area contributed by atoms with Crippen LogP contribution in [0, 0.1) is 6.92 Å². The molecule has 5 nitrogen and oxygen atoms in total. The summed E-state index contributed by atoms with van der Waals surface area (Å²) < 4.78 is 30.9. The fourth-order valence-electron chi connectivity index (χ4n) is 2.50. The number of carbonyl (C=O) groups is 1. The van der Waals surface area contributed by atoms with E-state index in [2.05, 4.69) is 4.98 Å². The SMILES string of the molecule is COC(=O)c1[nH]c2ccc(Cl)cc2c1S(=O)(=O)c1ccc(C)cc1. The van der Waals surface area contributed by atoms with E-state index in [4.69, 9.17) is 16.3 Å². The summed E-state index contributed by atoms with van der Waals surface area (Å²) in [7, 11) is -2.73. The van der Waals surface area contributed by atoms with E-state index < -0.39 is 15.8 Å². The summed E-state index contributed by atoms with van der Waals surface area (Å²) >= 11 is 6.01. The van der Waals surface area contributed by atoms with Gasteiger partial charge in [-0.1, -0.05) is 29.3 Å². The summed E-state index contributed by atoms with van der Waals surface area (Å²) in [5.74, 6) is -0.756. The van der Waals surface area contributed by atoms with Gasteiger partial charge in [0.05, 0.1) is 12.0 Å². The summed E-state index contributed by atoms with van der Waals surface area (Å²) in [5.41, 5.74) is 1.31. The number of carbonyl (C=O) groups excluding carboxylic acids is 1. The van der Waals surface area contributed by atoms with Gasteiger partial charge in [0.2, 0.25) is 9.84 Å².